The van der Waals surface area contributed by atoms with E-state index in [4.69, 9.17) is 5.11 Å². The number of halogens is 1. The molecule has 0 fully saturated rings. The number of thiophene rings is 1. The predicted octanol–water partition coefficient (Wildman–Crippen LogP) is 1.54. The van der Waals surface area contributed by atoms with Gasteiger partial charge in [-0.15, -0.1) is 11.3 Å². The number of aliphatic hydroxyl groups is 2. The van der Waals surface area contributed by atoms with Crippen LogP contribution in [0.15, 0.2) is 6.07 Å². The lowest BCUT2D eigenvalue weighted by Crippen LogP contribution is -2.19. The van der Waals surface area contributed by atoms with Crippen LogP contribution in [0.25, 0.3) is 0 Å². The first-order valence-electron chi connectivity index (χ1n) is 4.23. The highest BCUT2D eigenvalue weighted by Gasteiger charge is 2.22. The highest BCUT2D eigenvalue weighted by atomic mass is 79.9. The normalized spacial score (nSPS) is 14.9. The molecular formula is C9H11BrO4S. The van der Waals surface area contributed by atoms with Crippen molar-refractivity contribution in [2.75, 3.05) is 5.33 Å². The van der Waals surface area contributed by atoms with Gasteiger partial charge in [-0.1, -0.05) is 15.9 Å². The molecule has 0 radical (unpaired) electrons. The summed E-state index contributed by atoms with van der Waals surface area (Å²) in [6.45, 7) is 1.71. The predicted molar refractivity (Wildman–Crippen MR) is 60.8 cm³/mol. The number of aromatic carboxylic acids is 1. The number of rotatable bonds is 4. The van der Waals surface area contributed by atoms with E-state index in [2.05, 4.69) is 15.9 Å². The molecule has 0 saturated carbocycles. The number of carboxylic acid groups (broad SMARTS) is 1. The van der Waals surface area contributed by atoms with Gasteiger partial charge < -0.3 is 15.3 Å². The molecule has 1 aromatic heterocycles. The van der Waals surface area contributed by atoms with Gasteiger partial charge in [-0.05, 0) is 18.6 Å². The monoisotopic (exact) mass is 294 g/mol. The molecule has 1 heterocycles. The van der Waals surface area contributed by atoms with Crippen LogP contribution in [-0.4, -0.2) is 32.7 Å². The average molecular weight is 295 g/mol. The van der Waals surface area contributed by atoms with Crippen LogP contribution < -0.4 is 0 Å². The topological polar surface area (TPSA) is 77.8 Å². The summed E-state index contributed by atoms with van der Waals surface area (Å²) in [5.41, 5.74) is 0.685. The Labute approximate surface area is 99.3 Å². The van der Waals surface area contributed by atoms with Crippen LogP contribution in [0.1, 0.15) is 26.2 Å². The largest absolute Gasteiger partial charge is 0.477 e. The van der Waals surface area contributed by atoms with E-state index in [1.54, 1.807) is 6.92 Å². The van der Waals surface area contributed by atoms with Crippen molar-refractivity contribution in [1.29, 1.82) is 0 Å². The maximum Gasteiger partial charge on any atom is 0.345 e. The summed E-state index contributed by atoms with van der Waals surface area (Å²) in [5, 5.41) is 28.1. The standard InChI is InChI=1S/C9H11BrO4S/c1-4-2-6(9(13)14)15-8(4)7(12)5(11)3-10/h2,5,7,11-12H,3H2,1H3,(H,13,14). The first-order chi connectivity index (χ1) is 6.97. The van der Waals surface area contributed by atoms with Gasteiger partial charge in [-0.25, -0.2) is 4.79 Å². The Morgan fingerprint density at radius 1 is 1.60 bits per heavy atom. The minimum absolute atomic E-state index is 0.170. The molecule has 0 amide bonds. The number of aliphatic hydroxyl groups excluding tert-OH is 2. The molecule has 0 aliphatic rings. The molecule has 2 atom stereocenters. The Hall–Kier alpha value is -0.430. The molecule has 1 aromatic rings. The van der Waals surface area contributed by atoms with Crippen molar-refractivity contribution < 1.29 is 20.1 Å². The van der Waals surface area contributed by atoms with Crippen LogP contribution in [0, 0.1) is 6.92 Å². The van der Waals surface area contributed by atoms with Gasteiger partial charge in [-0.2, -0.15) is 0 Å². The molecule has 15 heavy (non-hydrogen) atoms. The summed E-state index contributed by atoms with van der Waals surface area (Å²) in [5.74, 6) is -1.02. The first-order valence-corrected chi connectivity index (χ1v) is 6.17. The van der Waals surface area contributed by atoms with Gasteiger partial charge in [0.1, 0.15) is 11.0 Å². The maximum absolute atomic E-state index is 10.7. The smallest absolute Gasteiger partial charge is 0.345 e. The Kier molecular flexibility index (Phi) is 4.27. The molecular weight excluding hydrogens is 284 g/mol. The van der Waals surface area contributed by atoms with Crippen LogP contribution in [0.2, 0.25) is 0 Å². The number of carbonyl (C=O) groups is 1. The van der Waals surface area contributed by atoms with E-state index in [0.29, 0.717) is 10.4 Å². The molecule has 0 bridgehead atoms. The lowest BCUT2D eigenvalue weighted by atomic mass is 10.1. The van der Waals surface area contributed by atoms with Gasteiger partial charge >= 0.3 is 5.97 Å². The van der Waals surface area contributed by atoms with Crippen molar-refractivity contribution in [2.24, 2.45) is 0 Å². The summed E-state index contributed by atoms with van der Waals surface area (Å²) >= 11 is 4.04. The van der Waals surface area contributed by atoms with E-state index in [-0.39, 0.29) is 10.2 Å². The van der Waals surface area contributed by atoms with Crippen molar-refractivity contribution >= 4 is 33.2 Å². The van der Waals surface area contributed by atoms with E-state index in [9.17, 15) is 15.0 Å². The van der Waals surface area contributed by atoms with Crippen LogP contribution in [0.5, 0.6) is 0 Å². The van der Waals surface area contributed by atoms with E-state index >= 15 is 0 Å². The minimum atomic E-state index is -1.04. The lowest BCUT2D eigenvalue weighted by molar-refractivity contribution is 0.0362. The summed E-state index contributed by atoms with van der Waals surface area (Å²) in [6.07, 6.45) is -1.97. The summed E-state index contributed by atoms with van der Waals surface area (Å²) in [7, 11) is 0. The van der Waals surface area contributed by atoms with Gasteiger partial charge in [0.2, 0.25) is 0 Å². The third-order valence-corrected chi connectivity index (χ3v) is 3.92. The van der Waals surface area contributed by atoms with Crippen LogP contribution in [0.3, 0.4) is 0 Å². The van der Waals surface area contributed by atoms with Gasteiger partial charge in [0.25, 0.3) is 0 Å². The fourth-order valence-corrected chi connectivity index (χ4v) is 2.57. The van der Waals surface area contributed by atoms with E-state index in [1.807, 2.05) is 0 Å². The van der Waals surface area contributed by atoms with Gasteiger partial charge in [-0.3, -0.25) is 0 Å². The summed E-state index contributed by atoms with van der Waals surface area (Å²) in [6, 6.07) is 1.49. The Balaban J connectivity index is 2.99. The number of aryl methyl sites for hydroxylation is 1. The molecule has 6 heteroatoms. The second-order valence-electron chi connectivity index (χ2n) is 3.13. The highest BCUT2D eigenvalue weighted by molar-refractivity contribution is 9.09. The second kappa shape index (κ2) is 5.07. The molecule has 84 valence electrons. The number of alkyl halides is 1. The van der Waals surface area contributed by atoms with Gasteiger partial charge in [0, 0.05) is 10.2 Å². The molecule has 4 nitrogen and oxygen atoms in total. The third-order valence-electron chi connectivity index (χ3n) is 1.96. The zero-order valence-corrected chi connectivity index (χ0v) is 10.4. The summed E-state index contributed by atoms with van der Waals surface area (Å²) < 4.78 is 0. The van der Waals surface area contributed by atoms with E-state index in [0.717, 1.165) is 11.3 Å². The Morgan fingerprint density at radius 3 is 2.60 bits per heavy atom. The number of hydrogen-bond acceptors (Lipinski definition) is 4. The lowest BCUT2D eigenvalue weighted by Gasteiger charge is -2.14. The maximum atomic E-state index is 10.7. The van der Waals surface area contributed by atoms with Crippen molar-refractivity contribution in [3.8, 4) is 0 Å². The quantitative estimate of drug-likeness (QED) is 0.736. The Morgan fingerprint density at radius 2 is 2.20 bits per heavy atom. The SMILES string of the molecule is Cc1cc(C(=O)O)sc1C(O)C(O)CBr. The molecule has 0 spiro atoms. The first kappa shape index (κ1) is 12.6. The van der Waals surface area contributed by atoms with E-state index < -0.39 is 18.2 Å². The van der Waals surface area contributed by atoms with Gasteiger partial charge in [0.05, 0.1) is 6.10 Å². The molecule has 0 saturated heterocycles. The third kappa shape index (κ3) is 2.78. The highest BCUT2D eigenvalue weighted by Crippen LogP contribution is 2.30. The van der Waals surface area contributed by atoms with Crippen LogP contribution in [0.4, 0.5) is 0 Å². The molecule has 0 aliphatic heterocycles. The molecule has 0 aromatic carbocycles. The van der Waals surface area contributed by atoms with Crippen LogP contribution in [-0.2, 0) is 0 Å². The number of hydrogen-bond donors (Lipinski definition) is 3. The zero-order chi connectivity index (χ0) is 11.6. The molecule has 3 N–H and O–H groups in total. The zero-order valence-electron chi connectivity index (χ0n) is 7.98. The van der Waals surface area contributed by atoms with E-state index in [1.165, 1.54) is 6.07 Å². The van der Waals surface area contributed by atoms with Crippen molar-refractivity contribution in [1.82, 2.24) is 0 Å². The minimum Gasteiger partial charge on any atom is -0.477 e. The van der Waals surface area contributed by atoms with Crippen molar-refractivity contribution in [3.05, 3.63) is 21.4 Å². The second-order valence-corrected chi connectivity index (χ2v) is 4.86. The van der Waals surface area contributed by atoms with Gasteiger partial charge in [0.15, 0.2) is 0 Å². The molecule has 1 rings (SSSR count). The fourth-order valence-electron chi connectivity index (χ4n) is 1.15. The van der Waals surface area contributed by atoms with Crippen molar-refractivity contribution in [2.45, 2.75) is 19.1 Å². The Bertz CT molecular complexity index is 363. The van der Waals surface area contributed by atoms with Crippen LogP contribution >= 0.6 is 27.3 Å². The fraction of sp³-hybridized carbons (Fsp3) is 0.444. The average Bonchev–Trinajstić information content (AvgIpc) is 2.58. The number of carboxylic acids is 1. The molecule has 2 unspecified atom stereocenters. The van der Waals surface area contributed by atoms with Crippen molar-refractivity contribution in [3.63, 3.8) is 0 Å². The summed E-state index contributed by atoms with van der Waals surface area (Å²) in [4.78, 5) is 11.4. The molecule has 0 aliphatic carbocycles.